The van der Waals surface area contributed by atoms with Crippen LogP contribution in [0.1, 0.15) is 22.3 Å². The molecule has 0 aliphatic carbocycles. The second-order valence-electron chi connectivity index (χ2n) is 4.86. The second kappa shape index (κ2) is 5.58. The van der Waals surface area contributed by atoms with E-state index in [1.54, 1.807) is 6.92 Å². The molecule has 0 spiro atoms. The number of carboxylic acids is 1. The number of aryl methyl sites for hydroxylation is 1. The third-order valence-corrected chi connectivity index (χ3v) is 3.56. The van der Waals surface area contributed by atoms with Crippen molar-refractivity contribution in [2.75, 3.05) is 13.7 Å². The highest BCUT2D eigenvalue weighted by molar-refractivity contribution is 5.98. The fourth-order valence-corrected chi connectivity index (χ4v) is 2.45. The maximum atomic E-state index is 13.1. The molecule has 1 heterocycles. The molecule has 2 atom stereocenters. The first kappa shape index (κ1) is 14.5. The third kappa shape index (κ3) is 2.65. The number of likely N-dealkylation sites (tertiary alicyclic amines) is 1. The minimum absolute atomic E-state index is 0.225. The normalized spacial score (nSPS) is 22.1. The van der Waals surface area contributed by atoms with Crippen molar-refractivity contribution in [3.8, 4) is 0 Å². The van der Waals surface area contributed by atoms with Gasteiger partial charge in [-0.15, -0.1) is 0 Å². The van der Waals surface area contributed by atoms with Crippen LogP contribution in [0.3, 0.4) is 0 Å². The standard InChI is InChI=1S/C14H16FNO4/c1-8-5-9(15)3-4-11(8)13(17)16-7-10(20-2)6-12(16)14(18)19/h3-5,10,12H,6-7H2,1-2H3,(H,18,19). The maximum absolute atomic E-state index is 13.1. The van der Waals surface area contributed by atoms with E-state index in [0.29, 0.717) is 11.1 Å². The Balaban J connectivity index is 2.29. The summed E-state index contributed by atoms with van der Waals surface area (Å²) in [6.45, 7) is 1.85. The highest BCUT2D eigenvalue weighted by Gasteiger charge is 2.40. The van der Waals surface area contributed by atoms with E-state index in [1.165, 1.54) is 30.2 Å². The van der Waals surface area contributed by atoms with Crippen LogP contribution in [0.15, 0.2) is 18.2 Å². The number of aliphatic carboxylic acids is 1. The number of rotatable bonds is 3. The van der Waals surface area contributed by atoms with Crippen molar-refractivity contribution in [3.63, 3.8) is 0 Å². The summed E-state index contributed by atoms with van der Waals surface area (Å²) in [5.74, 6) is -1.89. The van der Waals surface area contributed by atoms with E-state index in [1.807, 2.05) is 0 Å². The number of halogens is 1. The predicted molar refractivity (Wildman–Crippen MR) is 69.0 cm³/mol. The molecule has 1 N–H and O–H groups in total. The fraction of sp³-hybridized carbons (Fsp3) is 0.429. The lowest BCUT2D eigenvalue weighted by Gasteiger charge is -2.22. The van der Waals surface area contributed by atoms with Crippen LogP contribution >= 0.6 is 0 Å². The van der Waals surface area contributed by atoms with Crippen LogP contribution in [-0.2, 0) is 9.53 Å². The predicted octanol–water partition coefficient (Wildman–Crippen LogP) is 1.45. The monoisotopic (exact) mass is 281 g/mol. The van der Waals surface area contributed by atoms with Crippen molar-refractivity contribution in [2.24, 2.45) is 0 Å². The van der Waals surface area contributed by atoms with Crippen LogP contribution in [0.25, 0.3) is 0 Å². The Morgan fingerprint density at radius 2 is 2.15 bits per heavy atom. The van der Waals surface area contributed by atoms with Gasteiger partial charge in [0.25, 0.3) is 5.91 Å². The topological polar surface area (TPSA) is 66.8 Å². The van der Waals surface area contributed by atoms with Gasteiger partial charge in [0.05, 0.1) is 6.10 Å². The minimum Gasteiger partial charge on any atom is -0.480 e. The molecule has 1 aromatic rings. The first-order valence-corrected chi connectivity index (χ1v) is 6.26. The third-order valence-electron chi connectivity index (χ3n) is 3.56. The molecule has 2 unspecified atom stereocenters. The molecule has 1 amide bonds. The number of ether oxygens (including phenoxy) is 1. The summed E-state index contributed by atoms with van der Waals surface area (Å²) < 4.78 is 18.2. The summed E-state index contributed by atoms with van der Waals surface area (Å²) in [4.78, 5) is 25.0. The van der Waals surface area contributed by atoms with Crippen molar-refractivity contribution in [2.45, 2.75) is 25.5 Å². The Bertz CT molecular complexity index is 546. The molecule has 1 aliphatic rings. The van der Waals surface area contributed by atoms with E-state index in [2.05, 4.69) is 0 Å². The van der Waals surface area contributed by atoms with Crippen molar-refractivity contribution < 1.29 is 23.8 Å². The zero-order chi connectivity index (χ0) is 14.9. The van der Waals surface area contributed by atoms with Crippen molar-refractivity contribution in [3.05, 3.63) is 35.1 Å². The van der Waals surface area contributed by atoms with Gasteiger partial charge in [-0.05, 0) is 30.7 Å². The van der Waals surface area contributed by atoms with Gasteiger partial charge in [0, 0.05) is 25.6 Å². The first-order valence-electron chi connectivity index (χ1n) is 6.26. The largest absolute Gasteiger partial charge is 0.480 e. The Morgan fingerprint density at radius 1 is 1.45 bits per heavy atom. The lowest BCUT2D eigenvalue weighted by molar-refractivity contribution is -0.141. The average Bonchev–Trinajstić information content (AvgIpc) is 2.82. The summed E-state index contributed by atoms with van der Waals surface area (Å²) in [6, 6.07) is 2.93. The number of hydrogen-bond donors (Lipinski definition) is 1. The summed E-state index contributed by atoms with van der Waals surface area (Å²) in [5.41, 5.74) is 0.800. The number of carbonyl (C=O) groups is 2. The molecule has 6 heteroatoms. The SMILES string of the molecule is COC1CC(C(=O)O)N(C(=O)c2ccc(F)cc2C)C1. The molecule has 1 fully saturated rings. The highest BCUT2D eigenvalue weighted by atomic mass is 19.1. The molecule has 0 aromatic heterocycles. The Kier molecular flexibility index (Phi) is 4.04. The highest BCUT2D eigenvalue weighted by Crippen LogP contribution is 2.24. The molecule has 5 nitrogen and oxygen atoms in total. The van der Waals surface area contributed by atoms with E-state index in [-0.39, 0.29) is 19.1 Å². The van der Waals surface area contributed by atoms with Crippen LogP contribution in [0.5, 0.6) is 0 Å². The first-order chi connectivity index (χ1) is 9.43. The van der Waals surface area contributed by atoms with Gasteiger partial charge in [0.15, 0.2) is 0 Å². The van der Waals surface area contributed by atoms with Gasteiger partial charge < -0.3 is 14.7 Å². The van der Waals surface area contributed by atoms with Crippen LogP contribution in [-0.4, -0.2) is 47.7 Å². The number of nitrogens with zero attached hydrogens (tertiary/aromatic N) is 1. The van der Waals surface area contributed by atoms with Crippen LogP contribution in [0, 0.1) is 12.7 Å². The number of hydrogen-bond acceptors (Lipinski definition) is 3. The molecule has 2 rings (SSSR count). The Hall–Kier alpha value is -1.95. The summed E-state index contributed by atoms with van der Waals surface area (Å²) in [5, 5.41) is 9.20. The average molecular weight is 281 g/mol. The second-order valence-corrected chi connectivity index (χ2v) is 4.86. The number of benzene rings is 1. The molecule has 0 saturated carbocycles. The van der Waals surface area contributed by atoms with E-state index in [4.69, 9.17) is 4.74 Å². The van der Waals surface area contributed by atoms with Gasteiger partial charge in [-0.3, -0.25) is 4.79 Å². The fourth-order valence-electron chi connectivity index (χ4n) is 2.45. The van der Waals surface area contributed by atoms with Crippen LogP contribution < -0.4 is 0 Å². The number of amides is 1. The van der Waals surface area contributed by atoms with Crippen LogP contribution in [0.4, 0.5) is 4.39 Å². The molecular formula is C14H16FNO4. The zero-order valence-electron chi connectivity index (χ0n) is 11.3. The number of methoxy groups -OCH3 is 1. The molecule has 0 radical (unpaired) electrons. The van der Waals surface area contributed by atoms with Gasteiger partial charge >= 0.3 is 5.97 Å². The van der Waals surface area contributed by atoms with E-state index >= 15 is 0 Å². The summed E-state index contributed by atoms with van der Waals surface area (Å²) >= 11 is 0. The van der Waals surface area contributed by atoms with Crippen molar-refractivity contribution in [1.82, 2.24) is 4.90 Å². The minimum atomic E-state index is -1.06. The van der Waals surface area contributed by atoms with Crippen molar-refractivity contribution >= 4 is 11.9 Å². The van der Waals surface area contributed by atoms with Gasteiger partial charge in [0.2, 0.25) is 0 Å². The lowest BCUT2D eigenvalue weighted by atomic mass is 10.1. The van der Waals surface area contributed by atoms with Crippen molar-refractivity contribution in [1.29, 1.82) is 0 Å². The smallest absolute Gasteiger partial charge is 0.326 e. The molecule has 20 heavy (non-hydrogen) atoms. The van der Waals surface area contributed by atoms with E-state index in [0.717, 1.165) is 0 Å². The number of carbonyl (C=O) groups excluding carboxylic acids is 1. The molecule has 0 bridgehead atoms. The van der Waals surface area contributed by atoms with Gasteiger partial charge in [-0.25, -0.2) is 9.18 Å². The van der Waals surface area contributed by atoms with E-state index < -0.39 is 23.7 Å². The summed E-state index contributed by atoms with van der Waals surface area (Å²) in [6.07, 6.45) is -0.0292. The van der Waals surface area contributed by atoms with Gasteiger partial charge in [-0.1, -0.05) is 0 Å². The Morgan fingerprint density at radius 3 is 2.70 bits per heavy atom. The molecule has 1 aromatic carbocycles. The molecule has 108 valence electrons. The quantitative estimate of drug-likeness (QED) is 0.910. The Labute approximate surface area is 116 Å². The lowest BCUT2D eigenvalue weighted by Crippen LogP contribution is -2.40. The molecule has 1 saturated heterocycles. The van der Waals surface area contributed by atoms with Gasteiger partial charge in [0.1, 0.15) is 11.9 Å². The van der Waals surface area contributed by atoms with Gasteiger partial charge in [-0.2, -0.15) is 0 Å². The molecular weight excluding hydrogens is 265 g/mol. The maximum Gasteiger partial charge on any atom is 0.326 e. The molecule has 1 aliphatic heterocycles. The van der Waals surface area contributed by atoms with E-state index in [9.17, 15) is 19.1 Å². The number of carboxylic acid groups (broad SMARTS) is 1. The summed E-state index contributed by atoms with van der Waals surface area (Å²) in [7, 11) is 1.49. The van der Waals surface area contributed by atoms with Crippen LogP contribution in [0.2, 0.25) is 0 Å². The zero-order valence-corrected chi connectivity index (χ0v) is 11.3.